The van der Waals surface area contributed by atoms with Gasteiger partial charge in [-0.05, 0) is 18.7 Å². The molecule has 1 heterocycles. The van der Waals surface area contributed by atoms with Gasteiger partial charge in [-0.1, -0.05) is 18.2 Å². The average molecular weight is 220 g/mol. The number of hydrogen-bond acceptors (Lipinski definition) is 3. The van der Waals surface area contributed by atoms with E-state index in [0.29, 0.717) is 5.92 Å². The van der Waals surface area contributed by atoms with Crippen LogP contribution < -0.4 is 10.1 Å². The van der Waals surface area contributed by atoms with Crippen LogP contribution in [0.15, 0.2) is 24.3 Å². The first-order valence-corrected chi connectivity index (χ1v) is 5.83. The molecule has 0 radical (unpaired) electrons. The molecule has 0 saturated carbocycles. The lowest BCUT2D eigenvalue weighted by Gasteiger charge is -2.21. The average Bonchev–Trinajstić information content (AvgIpc) is 2.54. The summed E-state index contributed by atoms with van der Waals surface area (Å²) < 4.78 is 5.43. The molecule has 1 N–H and O–H groups in total. The summed E-state index contributed by atoms with van der Waals surface area (Å²) in [4.78, 5) is 2.37. The van der Waals surface area contributed by atoms with Gasteiger partial charge in [0.25, 0.3) is 0 Å². The minimum atomic E-state index is 0.517. The molecule has 88 valence electrons. The maximum atomic E-state index is 5.43. The first-order chi connectivity index (χ1) is 7.81. The highest BCUT2D eigenvalue weighted by molar-refractivity contribution is 5.36. The number of ether oxygens (including phenoxy) is 1. The molecule has 2 rings (SSSR count). The molecular weight excluding hydrogens is 200 g/mol. The van der Waals surface area contributed by atoms with Crippen molar-refractivity contribution in [3.05, 3.63) is 29.8 Å². The number of nitrogens with zero attached hydrogens (tertiary/aromatic N) is 1. The van der Waals surface area contributed by atoms with Gasteiger partial charge in [-0.15, -0.1) is 0 Å². The minimum Gasteiger partial charge on any atom is -0.496 e. The van der Waals surface area contributed by atoms with Crippen LogP contribution in [0.4, 0.5) is 0 Å². The predicted octanol–water partition coefficient (Wildman–Crippen LogP) is 1.31. The molecule has 0 aliphatic carbocycles. The van der Waals surface area contributed by atoms with E-state index in [2.05, 4.69) is 29.4 Å². The lowest BCUT2D eigenvalue weighted by molar-refractivity contribution is 0.336. The molecule has 1 unspecified atom stereocenters. The summed E-state index contributed by atoms with van der Waals surface area (Å²) in [5, 5.41) is 3.48. The van der Waals surface area contributed by atoms with Crippen LogP contribution in [0.25, 0.3) is 0 Å². The Kier molecular flexibility index (Phi) is 3.80. The second-order valence-corrected chi connectivity index (χ2v) is 4.41. The van der Waals surface area contributed by atoms with Crippen LogP contribution in [-0.4, -0.2) is 45.2 Å². The molecule has 0 bridgehead atoms. The number of methoxy groups -OCH3 is 1. The Balaban J connectivity index is 2.20. The maximum absolute atomic E-state index is 5.43. The van der Waals surface area contributed by atoms with Crippen molar-refractivity contribution in [3.8, 4) is 5.75 Å². The van der Waals surface area contributed by atoms with Crippen molar-refractivity contribution in [2.45, 2.75) is 5.92 Å². The molecule has 3 nitrogen and oxygen atoms in total. The Morgan fingerprint density at radius 3 is 3.00 bits per heavy atom. The van der Waals surface area contributed by atoms with E-state index in [1.807, 2.05) is 12.1 Å². The monoisotopic (exact) mass is 220 g/mol. The van der Waals surface area contributed by atoms with Gasteiger partial charge >= 0.3 is 0 Å². The Morgan fingerprint density at radius 1 is 1.38 bits per heavy atom. The predicted molar refractivity (Wildman–Crippen MR) is 66.1 cm³/mol. The lowest BCUT2D eigenvalue weighted by atomic mass is 9.98. The van der Waals surface area contributed by atoms with Crippen molar-refractivity contribution in [3.63, 3.8) is 0 Å². The number of nitrogens with one attached hydrogen (secondary N) is 1. The third-order valence-electron chi connectivity index (χ3n) is 3.17. The van der Waals surface area contributed by atoms with Crippen molar-refractivity contribution < 1.29 is 4.74 Å². The fraction of sp³-hybridized carbons (Fsp3) is 0.538. The highest BCUT2D eigenvalue weighted by Gasteiger charge is 2.19. The van der Waals surface area contributed by atoms with Crippen molar-refractivity contribution in [2.24, 2.45) is 0 Å². The Morgan fingerprint density at radius 2 is 2.19 bits per heavy atom. The Bertz CT molecular complexity index is 340. The first kappa shape index (κ1) is 11.4. The van der Waals surface area contributed by atoms with E-state index in [-0.39, 0.29) is 0 Å². The van der Waals surface area contributed by atoms with E-state index in [9.17, 15) is 0 Å². The number of rotatable bonds is 2. The molecule has 16 heavy (non-hydrogen) atoms. The van der Waals surface area contributed by atoms with Gasteiger partial charge in [0.15, 0.2) is 0 Å². The zero-order valence-electron chi connectivity index (χ0n) is 10.1. The summed E-state index contributed by atoms with van der Waals surface area (Å²) in [5.74, 6) is 1.52. The van der Waals surface area contributed by atoms with Crippen LogP contribution in [-0.2, 0) is 0 Å². The van der Waals surface area contributed by atoms with Crippen LogP contribution in [0.3, 0.4) is 0 Å². The van der Waals surface area contributed by atoms with Gasteiger partial charge in [0.05, 0.1) is 7.11 Å². The van der Waals surface area contributed by atoms with E-state index in [1.165, 1.54) is 5.56 Å². The first-order valence-electron chi connectivity index (χ1n) is 5.83. The van der Waals surface area contributed by atoms with Crippen molar-refractivity contribution in [1.82, 2.24) is 10.2 Å². The van der Waals surface area contributed by atoms with Crippen LogP contribution in [0, 0.1) is 0 Å². The molecule has 0 amide bonds. The zero-order valence-corrected chi connectivity index (χ0v) is 10.1. The number of likely N-dealkylation sites (N-methyl/N-ethyl adjacent to an activating group) is 1. The fourth-order valence-electron chi connectivity index (χ4n) is 2.29. The van der Waals surface area contributed by atoms with Crippen LogP contribution in [0.2, 0.25) is 0 Å². The second kappa shape index (κ2) is 5.32. The Hall–Kier alpha value is -1.06. The largest absolute Gasteiger partial charge is 0.496 e. The normalized spacial score (nSPS) is 22.8. The van der Waals surface area contributed by atoms with Gasteiger partial charge in [0.2, 0.25) is 0 Å². The van der Waals surface area contributed by atoms with E-state index < -0.39 is 0 Å². The third-order valence-corrected chi connectivity index (χ3v) is 3.17. The van der Waals surface area contributed by atoms with Crippen molar-refractivity contribution >= 4 is 0 Å². The third kappa shape index (κ3) is 2.54. The van der Waals surface area contributed by atoms with Gasteiger partial charge in [-0.3, -0.25) is 0 Å². The topological polar surface area (TPSA) is 24.5 Å². The minimum absolute atomic E-state index is 0.517. The van der Waals surface area contributed by atoms with Gasteiger partial charge in [0.1, 0.15) is 5.75 Å². The summed E-state index contributed by atoms with van der Waals surface area (Å²) in [6, 6.07) is 8.32. The van der Waals surface area contributed by atoms with E-state index >= 15 is 0 Å². The van der Waals surface area contributed by atoms with Crippen molar-refractivity contribution in [1.29, 1.82) is 0 Å². The summed E-state index contributed by atoms with van der Waals surface area (Å²) in [7, 11) is 3.92. The molecule has 1 aliphatic heterocycles. The lowest BCUT2D eigenvalue weighted by Crippen LogP contribution is -2.25. The molecule has 1 saturated heterocycles. The fourth-order valence-corrected chi connectivity index (χ4v) is 2.29. The molecule has 1 aliphatic rings. The van der Waals surface area contributed by atoms with E-state index in [0.717, 1.165) is 31.9 Å². The zero-order chi connectivity index (χ0) is 11.4. The molecule has 1 atom stereocenters. The Labute approximate surface area is 97.4 Å². The summed E-state index contributed by atoms with van der Waals surface area (Å²) >= 11 is 0. The highest BCUT2D eigenvalue weighted by Crippen LogP contribution is 2.27. The quantitative estimate of drug-likeness (QED) is 0.813. The number of para-hydroxylation sites is 1. The number of benzene rings is 1. The molecule has 0 aromatic heterocycles. The molecule has 0 spiro atoms. The smallest absolute Gasteiger partial charge is 0.122 e. The highest BCUT2D eigenvalue weighted by atomic mass is 16.5. The standard InChI is InChI=1S/C13H20N2O/c1-15-8-7-14-9-11(10-15)12-5-3-4-6-13(12)16-2/h3-6,11,14H,7-10H2,1-2H3. The SMILES string of the molecule is COc1ccccc1C1CNCCN(C)C1. The second-order valence-electron chi connectivity index (χ2n) is 4.41. The summed E-state index contributed by atoms with van der Waals surface area (Å²) in [6.45, 7) is 4.31. The van der Waals surface area contributed by atoms with Crippen LogP contribution >= 0.6 is 0 Å². The summed E-state index contributed by atoms with van der Waals surface area (Å²) in [5.41, 5.74) is 1.31. The van der Waals surface area contributed by atoms with Gasteiger partial charge in [-0.2, -0.15) is 0 Å². The van der Waals surface area contributed by atoms with Crippen LogP contribution in [0.1, 0.15) is 11.5 Å². The molecule has 1 aromatic rings. The molecule has 1 fully saturated rings. The van der Waals surface area contributed by atoms with Gasteiger partial charge < -0.3 is 15.0 Å². The molecular formula is C13H20N2O. The van der Waals surface area contributed by atoms with E-state index in [1.54, 1.807) is 7.11 Å². The summed E-state index contributed by atoms with van der Waals surface area (Å²) in [6.07, 6.45) is 0. The molecule has 1 aromatic carbocycles. The van der Waals surface area contributed by atoms with Gasteiger partial charge in [0, 0.05) is 32.1 Å². The van der Waals surface area contributed by atoms with Gasteiger partial charge in [-0.25, -0.2) is 0 Å². The number of hydrogen-bond donors (Lipinski definition) is 1. The van der Waals surface area contributed by atoms with Crippen molar-refractivity contribution in [2.75, 3.05) is 40.3 Å². The van der Waals surface area contributed by atoms with Crippen LogP contribution in [0.5, 0.6) is 5.75 Å². The molecule has 3 heteroatoms. The van der Waals surface area contributed by atoms with E-state index in [4.69, 9.17) is 4.74 Å². The maximum Gasteiger partial charge on any atom is 0.122 e.